The third-order valence-corrected chi connectivity index (χ3v) is 4.20. The van der Waals surface area contributed by atoms with E-state index < -0.39 is 9.84 Å². The van der Waals surface area contributed by atoms with Crippen LogP contribution in [0.2, 0.25) is 0 Å². The van der Waals surface area contributed by atoms with E-state index >= 15 is 0 Å². The van der Waals surface area contributed by atoms with E-state index in [4.69, 9.17) is 18.0 Å². The van der Waals surface area contributed by atoms with Crippen molar-refractivity contribution in [3.63, 3.8) is 0 Å². The monoisotopic (exact) mass is 321 g/mol. The summed E-state index contributed by atoms with van der Waals surface area (Å²) in [5, 5.41) is 3.19. The van der Waals surface area contributed by atoms with Crippen LogP contribution in [0, 0.1) is 0 Å². The van der Waals surface area contributed by atoms with Crippen LogP contribution < -0.4 is 11.1 Å². The van der Waals surface area contributed by atoms with Crippen molar-refractivity contribution in [3.05, 3.63) is 53.9 Å². The smallest absolute Gasteiger partial charge is 0.175 e. The predicted octanol–water partition coefficient (Wildman–Crippen LogP) is 1.73. The maximum absolute atomic E-state index is 11.4. The molecule has 0 aliphatic rings. The Morgan fingerprint density at radius 2 is 1.95 bits per heavy atom. The number of nitrogens with two attached hydrogens (primary N) is 1. The number of anilines is 1. The van der Waals surface area contributed by atoms with Gasteiger partial charge in [-0.2, -0.15) is 0 Å². The highest BCUT2D eigenvalue weighted by molar-refractivity contribution is 7.90. The summed E-state index contributed by atoms with van der Waals surface area (Å²) in [6.07, 6.45) is 2.81. The van der Waals surface area contributed by atoms with E-state index in [1.165, 1.54) is 6.26 Å². The van der Waals surface area contributed by atoms with E-state index in [0.29, 0.717) is 17.1 Å². The van der Waals surface area contributed by atoms with Gasteiger partial charge in [-0.1, -0.05) is 24.4 Å². The summed E-state index contributed by atoms with van der Waals surface area (Å²) in [5.74, 6) is 0. The van der Waals surface area contributed by atoms with Crippen molar-refractivity contribution in [3.8, 4) is 0 Å². The van der Waals surface area contributed by atoms with E-state index in [1.807, 2.05) is 6.07 Å². The lowest BCUT2D eigenvalue weighted by Crippen LogP contribution is -2.15. The van der Waals surface area contributed by atoms with Gasteiger partial charge >= 0.3 is 0 Å². The summed E-state index contributed by atoms with van der Waals surface area (Å²) in [5.41, 5.74) is 7.85. The minimum atomic E-state index is -3.17. The molecular formula is C14H15N3O2S2. The number of nitrogens with zero attached hydrogens (tertiary/aromatic N) is 1. The molecule has 1 aromatic heterocycles. The molecule has 3 N–H and O–H groups in total. The first-order chi connectivity index (χ1) is 9.88. The Hall–Kier alpha value is -1.99. The quantitative estimate of drug-likeness (QED) is 0.816. The molecule has 0 unspecified atom stereocenters. The molecule has 0 amide bonds. The largest absolute Gasteiger partial charge is 0.388 e. The van der Waals surface area contributed by atoms with Crippen LogP contribution in [0.25, 0.3) is 0 Å². The third-order valence-electron chi connectivity index (χ3n) is 2.88. The first-order valence-corrected chi connectivity index (χ1v) is 8.45. The average molecular weight is 321 g/mol. The number of nitrogens with one attached hydrogen (secondary N) is 1. The molecule has 0 atom stereocenters. The Kier molecular flexibility index (Phi) is 4.54. The van der Waals surface area contributed by atoms with Crippen LogP contribution in [0.3, 0.4) is 0 Å². The molecule has 2 aromatic rings. The lowest BCUT2D eigenvalue weighted by molar-refractivity contribution is 0.602. The Morgan fingerprint density at radius 1 is 1.29 bits per heavy atom. The fourth-order valence-corrected chi connectivity index (χ4v) is 2.59. The molecule has 2 rings (SSSR count). The second-order valence-corrected chi connectivity index (χ2v) is 6.99. The van der Waals surface area contributed by atoms with Crippen LogP contribution in [-0.4, -0.2) is 24.6 Å². The molecule has 21 heavy (non-hydrogen) atoms. The van der Waals surface area contributed by atoms with Gasteiger partial charge in [-0.25, -0.2) is 8.42 Å². The van der Waals surface area contributed by atoms with Gasteiger partial charge in [0, 0.05) is 19.0 Å². The first kappa shape index (κ1) is 15.4. The molecule has 0 fully saturated rings. The highest BCUT2D eigenvalue weighted by Crippen LogP contribution is 2.15. The zero-order valence-electron chi connectivity index (χ0n) is 11.4. The lowest BCUT2D eigenvalue weighted by Gasteiger charge is -2.10. The Balaban J connectivity index is 2.12. The van der Waals surface area contributed by atoms with Gasteiger partial charge in [0.15, 0.2) is 9.84 Å². The summed E-state index contributed by atoms with van der Waals surface area (Å²) in [4.78, 5) is 4.66. The van der Waals surface area contributed by atoms with Gasteiger partial charge in [-0.3, -0.25) is 4.98 Å². The first-order valence-electron chi connectivity index (χ1n) is 6.15. The van der Waals surface area contributed by atoms with Crippen LogP contribution in [0.4, 0.5) is 5.69 Å². The van der Waals surface area contributed by atoms with Gasteiger partial charge in [0.25, 0.3) is 0 Å². The van der Waals surface area contributed by atoms with Crippen LogP contribution in [0.1, 0.15) is 11.3 Å². The number of sulfone groups is 1. The highest BCUT2D eigenvalue weighted by atomic mass is 32.2. The molecule has 0 spiro atoms. The minimum absolute atomic E-state index is 0.227. The van der Waals surface area contributed by atoms with Gasteiger partial charge in [0.1, 0.15) is 10.7 Å². The average Bonchev–Trinajstić information content (AvgIpc) is 2.45. The third kappa shape index (κ3) is 3.99. The van der Waals surface area contributed by atoms with E-state index in [-0.39, 0.29) is 4.99 Å². The van der Waals surface area contributed by atoms with E-state index in [9.17, 15) is 8.42 Å². The molecule has 110 valence electrons. The number of thiocarbonyl (C=S) groups is 1. The maximum Gasteiger partial charge on any atom is 0.175 e. The van der Waals surface area contributed by atoms with Crippen molar-refractivity contribution >= 4 is 32.7 Å². The van der Waals surface area contributed by atoms with Crippen molar-refractivity contribution < 1.29 is 8.42 Å². The lowest BCUT2D eigenvalue weighted by atomic mass is 10.2. The number of pyridine rings is 1. The fraction of sp³-hybridized carbons (Fsp3) is 0.143. The SMILES string of the molecule is CS(=O)(=O)c1ccc(CNc2cccnc2C(N)=S)cc1. The molecule has 0 radical (unpaired) electrons. The summed E-state index contributed by atoms with van der Waals surface area (Å²) < 4.78 is 22.8. The summed E-state index contributed by atoms with van der Waals surface area (Å²) in [6, 6.07) is 10.3. The summed E-state index contributed by atoms with van der Waals surface area (Å²) in [7, 11) is -3.17. The number of hydrogen-bond acceptors (Lipinski definition) is 5. The Bertz CT molecular complexity index is 756. The topological polar surface area (TPSA) is 85.1 Å². The number of rotatable bonds is 5. The highest BCUT2D eigenvalue weighted by Gasteiger charge is 2.07. The van der Waals surface area contributed by atoms with Crippen molar-refractivity contribution in [1.82, 2.24) is 4.98 Å². The van der Waals surface area contributed by atoms with Gasteiger partial charge in [-0.05, 0) is 29.8 Å². The molecule has 0 saturated carbocycles. The standard InChI is InChI=1S/C14H15N3O2S2/c1-21(18,19)11-6-4-10(5-7-11)9-17-12-3-2-8-16-13(12)14(15)20/h2-8,17H,9H2,1H3,(H2,15,20). The van der Waals surface area contributed by atoms with Crippen molar-refractivity contribution in [2.45, 2.75) is 11.4 Å². The van der Waals surface area contributed by atoms with Crippen LogP contribution >= 0.6 is 12.2 Å². The van der Waals surface area contributed by atoms with Gasteiger partial charge in [-0.15, -0.1) is 0 Å². The maximum atomic E-state index is 11.4. The molecular weight excluding hydrogens is 306 g/mol. The zero-order chi connectivity index (χ0) is 15.5. The molecule has 1 aromatic carbocycles. The van der Waals surface area contributed by atoms with Gasteiger partial charge in [0.2, 0.25) is 0 Å². The molecule has 0 bridgehead atoms. The second kappa shape index (κ2) is 6.19. The van der Waals surface area contributed by atoms with Crippen LogP contribution in [0.5, 0.6) is 0 Å². The van der Waals surface area contributed by atoms with Crippen LogP contribution in [0.15, 0.2) is 47.5 Å². The molecule has 5 nitrogen and oxygen atoms in total. The fourth-order valence-electron chi connectivity index (χ4n) is 1.80. The predicted molar refractivity (Wildman–Crippen MR) is 87.0 cm³/mol. The normalized spacial score (nSPS) is 11.1. The van der Waals surface area contributed by atoms with Gasteiger partial charge in [0.05, 0.1) is 10.6 Å². The minimum Gasteiger partial charge on any atom is -0.388 e. The van der Waals surface area contributed by atoms with E-state index in [2.05, 4.69) is 10.3 Å². The van der Waals surface area contributed by atoms with E-state index in [1.54, 1.807) is 36.5 Å². The summed E-state index contributed by atoms with van der Waals surface area (Å²) >= 11 is 4.95. The summed E-state index contributed by atoms with van der Waals surface area (Å²) in [6.45, 7) is 0.519. The zero-order valence-corrected chi connectivity index (χ0v) is 13.0. The number of aromatic nitrogens is 1. The molecule has 0 aliphatic heterocycles. The number of hydrogen-bond donors (Lipinski definition) is 2. The number of benzene rings is 1. The molecule has 0 aliphatic carbocycles. The Labute approximate surface area is 129 Å². The second-order valence-electron chi connectivity index (χ2n) is 4.53. The molecule has 0 saturated heterocycles. The van der Waals surface area contributed by atoms with Crippen LogP contribution in [-0.2, 0) is 16.4 Å². The van der Waals surface area contributed by atoms with E-state index in [0.717, 1.165) is 11.3 Å². The van der Waals surface area contributed by atoms with Crippen molar-refractivity contribution in [2.75, 3.05) is 11.6 Å². The van der Waals surface area contributed by atoms with Gasteiger partial charge < -0.3 is 11.1 Å². The molecule has 7 heteroatoms. The van der Waals surface area contributed by atoms with Crippen molar-refractivity contribution in [2.24, 2.45) is 5.73 Å². The Morgan fingerprint density at radius 3 is 2.52 bits per heavy atom. The van der Waals surface area contributed by atoms with Crippen molar-refractivity contribution in [1.29, 1.82) is 0 Å². The molecule has 1 heterocycles.